The summed E-state index contributed by atoms with van der Waals surface area (Å²) < 4.78 is 38.5. The van der Waals surface area contributed by atoms with Crippen LogP contribution in [0.5, 0.6) is 0 Å². The van der Waals surface area contributed by atoms with Gasteiger partial charge in [-0.1, -0.05) is 6.58 Å². The van der Waals surface area contributed by atoms with Gasteiger partial charge in [0.1, 0.15) is 23.2 Å². The predicted molar refractivity (Wildman–Crippen MR) is 114 cm³/mol. The summed E-state index contributed by atoms with van der Waals surface area (Å²) in [5.41, 5.74) is 6.35. The molecular formula is C21H26F2N6O2. The molecule has 1 aromatic rings. The summed E-state index contributed by atoms with van der Waals surface area (Å²) in [7, 11) is 0. The highest BCUT2D eigenvalue weighted by Gasteiger charge is 2.36. The fourth-order valence-corrected chi connectivity index (χ4v) is 3.77. The van der Waals surface area contributed by atoms with Crippen LogP contribution in [0.4, 0.5) is 14.5 Å². The van der Waals surface area contributed by atoms with Gasteiger partial charge in [-0.15, -0.1) is 0 Å². The van der Waals surface area contributed by atoms with Gasteiger partial charge in [0.2, 0.25) is 5.96 Å². The van der Waals surface area contributed by atoms with Gasteiger partial charge in [-0.2, -0.15) is 0 Å². The van der Waals surface area contributed by atoms with Crippen molar-refractivity contribution in [1.29, 1.82) is 0 Å². The lowest BCUT2D eigenvalue weighted by Gasteiger charge is -2.28. The second-order valence-corrected chi connectivity index (χ2v) is 7.54. The number of guanidine groups is 1. The third-order valence-electron chi connectivity index (χ3n) is 5.35. The molecule has 0 bridgehead atoms. The topological polar surface area (TPSA) is 96.5 Å². The summed E-state index contributed by atoms with van der Waals surface area (Å²) in [6, 6.07) is 3.48. The summed E-state index contributed by atoms with van der Waals surface area (Å²) in [4.78, 5) is 11.0. The molecule has 8 nitrogen and oxygen atoms in total. The highest BCUT2D eigenvalue weighted by Crippen LogP contribution is 2.26. The molecule has 4 N–H and O–H groups in total. The second kappa shape index (κ2) is 9.44. The number of hydrogen-bond acceptors (Lipinski definition) is 7. The van der Waals surface area contributed by atoms with Gasteiger partial charge >= 0.3 is 0 Å². The van der Waals surface area contributed by atoms with Gasteiger partial charge in [-0.05, 0) is 31.4 Å². The molecule has 0 unspecified atom stereocenters. The molecule has 0 aliphatic carbocycles. The smallest absolute Gasteiger partial charge is 0.210 e. The third-order valence-corrected chi connectivity index (χ3v) is 5.35. The molecule has 10 heteroatoms. The van der Waals surface area contributed by atoms with Crippen LogP contribution in [0.15, 0.2) is 52.5 Å². The van der Waals surface area contributed by atoms with Gasteiger partial charge in [0.15, 0.2) is 5.84 Å². The average molecular weight is 432 g/mol. The van der Waals surface area contributed by atoms with E-state index in [9.17, 15) is 8.78 Å². The normalized spacial score (nSPS) is 24.6. The minimum atomic E-state index is -0.723. The Morgan fingerprint density at radius 2 is 2.00 bits per heavy atom. The van der Waals surface area contributed by atoms with Crippen molar-refractivity contribution in [2.75, 3.05) is 31.7 Å². The number of halogens is 2. The Balaban J connectivity index is 1.60. The first-order chi connectivity index (χ1) is 15.0. The monoisotopic (exact) mass is 432 g/mol. The minimum Gasteiger partial charge on any atom is -0.403 e. The zero-order chi connectivity index (χ0) is 21.8. The molecule has 1 aromatic carbocycles. The number of nitrogens with one attached hydrogen (secondary N) is 2. The van der Waals surface area contributed by atoms with Crippen LogP contribution in [0.3, 0.4) is 0 Å². The molecule has 1 atom stereocenters. The summed E-state index contributed by atoms with van der Waals surface area (Å²) in [5, 5.41) is 6.27. The van der Waals surface area contributed by atoms with E-state index < -0.39 is 11.6 Å². The van der Waals surface area contributed by atoms with Gasteiger partial charge in [-0.25, -0.2) is 18.8 Å². The van der Waals surface area contributed by atoms with Crippen molar-refractivity contribution in [2.24, 2.45) is 15.7 Å². The van der Waals surface area contributed by atoms with Crippen molar-refractivity contribution < 1.29 is 18.3 Å². The molecule has 0 amide bonds. The molecule has 0 aromatic heterocycles. The van der Waals surface area contributed by atoms with Crippen LogP contribution >= 0.6 is 0 Å². The minimum absolute atomic E-state index is 0.0677. The molecular weight excluding hydrogens is 406 g/mol. The van der Waals surface area contributed by atoms with E-state index in [1.807, 2.05) is 4.90 Å². The van der Waals surface area contributed by atoms with Crippen molar-refractivity contribution in [2.45, 2.75) is 31.3 Å². The van der Waals surface area contributed by atoms with Gasteiger partial charge < -0.3 is 25.8 Å². The number of aliphatic imine (C=N–C) groups is 2. The summed E-state index contributed by atoms with van der Waals surface area (Å²) in [5.74, 6) is -0.0604. The lowest BCUT2D eigenvalue weighted by atomic mass is 10.1. The quantitative estimate of drug-likeness (QED) is 0.661. The largest absolute Gasteiger partial charge is 0.403 e. The van der Waals surface area contributed by atoms with Crippen molar-refractivity contribution in [3.05, 3.63) is 54.1 Å². The fraction of sp³-hybridized carbons (Fsp3) is 0.429. The van der Waals surface area contributed by atoms with Crippen molar-refractivity contribution >= 4 is 17.5 Å². The lowest BCUT2D eigenvalue weighted by molar-refractivity contribution is 0.0803. The van der Waals surface area contributed by atoms with Crippen molar-refractivity contribution in [3.63, 3.8) is 0 Å². The Morgan fingerprint density at radius 1 is 1.23 bits per heavy atom. The third kappa shape index (κ3) is 4.86. The molecule has 4 rings (SSSR count). The van der Waals surface area contributed by atoms with Crippen LogP contribution in [-0.2, 0) is 9.47 Å². The number of ether oxygens (including phenoxy) is 2. The fourth-order valence-electron chi connectivity index (χ4n) is 3.77. The van der Waals surface area contributed by atoms with E-state index in [-0.39, 0.29) is 17.8 Å². The molecule has 2 saturated heterocycles. The average Bonchev–Trinajstić information content (AvgIpc) is 3.38. The second-order valence-electron chi connectivity index (χ2n) is 7.54. The molecule has 3 heterocycles. The number of benzene rings is 1. The van der Waals surface area contributed by atoms with Crippen molar-refractivity contribution in [3.8, 4) is 0 Å². The van der Waals surface area contributed by atoms with Crippen LogP contribution in [0.1, 0.15) is 19.3 Å². The predicted octanol–water partition coefficient (Wildman–Crippen LogP) is 2.28. The molecule has 3 aliphatic rings. The summed E-state index contributed by atoms with van der Waals surface area (Å²) >= 11 is 0. The van der Waals surface area contributed by atoms with E-state index in [0.29, 0.717) is 49.7 Å². The number of rotatable bonds is 5. The number of anilines is 1. The van der Waals surface area contributed by atoms with Crippen LogP contribution in [0.25, 0.3) is 0 Å². The Bertz CT molecular complexity index is 920. The number of hydrogen-bond donors (Lipinski definition) is 3. The zero-order valence-electron chi connectivity index (χ0n) is 17.1. The summed E-state index contributed by atoms with van der Waals surface area (Å²) in [6.07, 6.45) is 3.83. The molecule has 0 spiro atoms. The van der Waals surface area contributed by atoms with Crippen molar-refractivity contribution in [1.82, 2.24) is 10.2 Å². The molecule has 0 saturated carbocycles. The Labute approximate surface area is 179 Å². The number of nitrogens with zero attached hydrogens (tertiary/aromatic N) is 3. The van der Waals surface area contributed by atoms with Crippen LogP contribution < -0.4 is 16.4 Å². The van der Waals surface area contributed by atoms with E-state index in [1.54, 1.807) is 0 Å². The molecule has 0 radical (unpaired) electrons. The lowest BCUT2D eigenvalue weighted by Crippen LogP contribution is -2.45. The van der Waals surface area contributed by atoms with E-state index in [2.05, 4.69) is 27.2 Å². The first-order valence-electron chi connectivity index (χ1n) is 10.3. The van der Waals surface area contributed by atoms with Crippen LogP contribution in [0.2, 0.25) is 0 Å². The summed E-state index contributed by atoms with van der Waals surface area (Å²) in [6.45, 7) is 6.48. The maximum atomic E-state index is 14.3. The van der Waals surface area contributed by atoms with Gasteiger partial charge in [0.25, 0.3) is 0 Å². The highest BCUT2D eigenvalue weighted by molar-refractivity contribution is 6.18. The molecule has 2 fully saturated rings. The standard InChI is InChI=1S/C21H26F2N6O2/c1-13(25-15-4-7-30-8-5-15)26-20-19(11-24)28-21(29(20)16-6-9-31-12-16)27-18-3-2-14(22)10-17(18)23/h2-3,10-11,15-16,25H,1,4-9,12,24H2,(H,27,28)/b19-11+,26-20+/t16-/m0/s1. The van der Waals surface area contributed by atoms with E-state index in [4.69, 9.17) is 15.2 Å². The van der Waals surface area contributed by atoms with Gasteiger partial charge in [-0.3, -0.25) is 4.90 Å². The van der Waals surface area contributed by atoms with E-state index in [1.165, 1.54) is 18.3 Å². The highest BCUT2D eigenvalue weighted by atomic mass is 19.1. The Hall–Kier alpha value is -2.98. The maximum Gasteiger partial charge on any atom is 0.210 e. The SMILES string of the molecule is C=C(/N=C1\C(=C/N)N=C(Nc2ccc(F)cc2F)N1[C@H]1CCOC1)NC1CCOCC1. The van der Waals surface area contributed by atoms with Crippen LogP contribution in [-0.4, -0.2) is 55.2 Å². The maximum absolute atomic E-state index is 14.3. The first kappa shape index (κ1) is 21.3. The number of amidine groups is 1. The van der Waals surface area contributed by atoms with Crippen LogP contribution in [0, 0.1) is 11.6 Å². The van der Waals surface area contributed by atoms with E-state index in [0.717, 1.165) is 25.3 Å². The first-order valence-corrected chi connectivity index (χ1v) is 10.3. The van der Waals surface area contributed by atoms with Gasteiger partial charge in [0.05, 0.1) is 18.3 Å². The molecule has 166 valence electrons. The molecule has 3 aliphatic heterocycles. The number of nitrogens with two attached hydrogens (primary N) is 1. The molecule has 31 heavy (non-hydrogen) atoms. The Morgan fingerprint density at radius 3 is 2.68 bits per heavy atom. The van der Waals surface area contributed by atoms with E-state index >= 15 is 0 Å². The van der Waals surface area contributed by atoms with Gasteiger partial charge in [0, 0.05) is 38.1 Å². The zero-order valence-corrected chi connectivity index (χ0v) is 17.1. The Kier molecular flexibility index (Phi) is 6.47.